The Balaban J connectivity index is 1.88. The summed E-state index contributed by atoms with van der Waals surface area (Å²) >= 11 is 0. The van der Waals surface area contributed by atoms with Gasteiger partial charge in [0.2, 0.25) is 0 Å². The molecule has 1 unspecified atom stereocenters. The largest absolute Gasteiger partial charge is 0.0654 e. The van der Waals surface area contributed by atoms with Crippen LogP contribution in [0.3, 0.4) is 0 Å². The van der Waals surface area contributed by atoms with Crippen molar-refractivity contribution in [1.29, 1.82) is 0 Å². The first-order valence-electron chi connectivity index (χ1n) is 8.83. The van der Waals surface area contributed by atoms with Crippen LogP contribution in [0.15, 0.2) is 0 Å². The van der Waals surface area contributed by atoms with Crippen LogP contribution >= 0.6 is 0 Å². The van der Waals surface area contributed by atoms with Crippen LogP contribution in [0.5, 0.6) is 0 Å². The SMILES string of the molecule is CCCCCCCCCC(C)CC1CCCCC1. The van der Waals surface area contributed by atoms with Crippen molar-refractivity contribution in [3.8, 4) is 0 Å². The van der Waals surface area contributed by atoms with E-state index in [9.17, 15) is 0 Å². The van der Waals surface area contributed by atoms with Crippen molar-refractivity contribution in [3.05, 3.63) is 0 Å². The minimum absolute atomic E-state index is 0.990. The van der Waals surface area contributed by atoms with Crippen LogP contribution in [0.25, 0.3) is 0 Å². The summed E-state index contributed by atoms with van der Waals surface area (Å²) in [4.78, 5) is 0. The Labute approximate surface area is 116 Å². The molecule has 0 heterocycles. The van der Waals surface area contributed by atoms with E-state index in [0.29, 0.717) is 0 Å². The van der Waals surface area contributed by atoms with E-state index in [2.05, 4.69) is 13.8 Å². The first-order chi connectivity index (χ1) is 8.83. The van der Waals surface area contributed by atoms with Gasteiger partial charge in [0.15, 0.2) is 0 Å². The van der Waals surface area contributed by atoms with Crippen LogP contribution in [0.4, 0.5) is 0 Å². The van der Waals surface area contributed by atoms with Crippen LogP contribution in [-0.4, -0.2) is 0 Å². The molecule has 1 fully saturated rings. The quantitative estimate of drug-likeness (QED) is 0.378. The zero-order chi connectivity index (χ0) is 13.1. The van der Waals surface area contributed by atoms with Gasteiger partial charge in [-0.25, -0.2) is 0 Å². The molecule has 0 radical (unpaired) electrons. The molecule has 1 rings (SSSR count). The van der Waals surface area contributed by atoms with E-state index in [4.69, 9.17) is 0 Å². The number of unbranched alkanes of at least 4 members (excludes halogenated alkanes) is 6. The lowest BCUT2D eigenvalue weighted by Gasteiger charge is -2.24. The highest BCUT2D eigenvalue weighted by molar-refractivity contribution is 4.68. The lowest BCUT2D eigenvalue weighted by atomic mass is 9.82. The molecule has 1 aliphatic carbocycles. The second-order valence-corrected chi connectivity index (χ2v) is 6.75. The highest BCUT2D eigenvalue weighted by Crippen LogP contribution is 2.30. The van der Waals surface area contributed by atoms with Gasteiger partial charge in [-0.1, -0.05) is 97.3 Å². The van der Waals surface area contributed by atoms with Gasteiger partial charge in [0.1, 0.15) is 0 Å². The minimum Gasteiger partial charge on any atom is -0.0654 e. The summed E-state index contributed by atoms with van der Waals surface area (Å²) < 4.78 is 0. The third-order valence-corrected chi connectivity index (χ3v) is 4.76. The summed E-state index contributed by atoms with van der Waals surface area (Å²) in [5.41, 5.74) is 0. The maximum atomic E-state index is 2.49. The van der Waals surface area contributed by atoms with E-state index >= 15 is 0 Å². The van der Waals surface area contributed by atoms with Gasteiger partial charge in [-0.3, -0.25) is 0 Å². The standard InChI is InChI=1S/C18H36/c1-3-4-5-6-7-8-10-13-17(2)16-18-14-11-9-12-15-18/h17-18H,3-16H2,1-2H3. The predicted molar refractivity (Wildman–Crippen MR) is 83.0 cm³/mol. The Kier molecular flexibility index (Phi) is 9.70. The zero-order valence-corrected chi connectivity index (χ0v) is 13.1. The summed E-state index contributed by atoms with van der Waals surface area (Å²) in [5.74, 6) is 2.07. The highest BCUT2D eigenvalue weighted by atomic mass is 14.2. The molecule has 0 heteroatoms. The van der Waals surface area contributed by atoms with Crippen molar-refractivity contribution in [1.82, 2.24) is 0 Å². The first kappa shape index (κ1) is 16.1. The molecule has 1 aliphatic rings. The molecule has 0 amide bonds. The van der Waals surface area contributed by atoms with Crippen molar-refractivity contribution in [3.63, 3.8) is 0 Å². The van der Waals surface area contributed by atoms with Crippen molar-refractivity contribution >= 4 is 0 Å². The van der Waals surface area contributed by atoms with Gasteiger partial charge < -0.3 is 0 Å². The molecule has 0 aromatic carbocycles. The third kappa shape index (κ3) is 8.16. The molecule has 0 saturated heterocycles. The van der Waals surface area contributed by atoms with E-state index in [0.717, 1.165) is 11.8 Å². The molecule has 0 spiro atoms. The summed E-state index contributed by atoms with van der Waals surface area (Å²) in [6.45, 7) is 4.79. The summed E-state index contributed by atoms with van der Waals surface area (Å²) in [7, 11) is 0. The summed E-state index contributed by atoms with van der Waals surface area (Å²) in [5, 5.41) is 0. The molecular formula is C18H36. The van der Waals surface area contributed by atoms with Gasteiger partial charge in [-0.15, -0.1) is 0 Å². The van der Waals surface area contributed by atoms with E-state index in [1.807, 2.05) is 0 Å². The zero-order valence-electron chi connectivity index (χ0n) is 13.1. The Bertz CT molecular complexity index is 167. The molecule has 1 atom stereocenters. The minimum atomic E-state index is 0.990. The fourth-order valence-corrected chi connectivity index (χ4v) is 3.56. The normalized spacial score (nSPS) is 19.0. The molecular weight excluding hydrogens is 216 g/mol. The van der Waals surface area contributed by atoms with Crippen molar-refractivity contribution in [2.24, 2.45) is 11.8 Å². The molecule has 0 N–H and O–H groups in total. The Morgan fingerprint density at radius 2 is 1.44 bits per heavy atom. The van der Waals surface area contributed by atoms with Crippen LogP contribution < -0.4 is 0 Å². The molecule has 0 aromatic rings. The molecule has 108 valence electrons. The second kappa shape index (κ2) is 10.9. The highest BCUT2D eigenvalue weighted by Gasteiger charge is 2.15. The van der Waals surface area contributed by atoms with Crippen molar-refractivity contribution in [2.75, 3.05) is 0 Å². The third-order valence-electron chi connectivity index (χ3n) is 4.76. The van der Waals surface area contributed by atoms with Gasteiger partial charge in [0.05, 0.1) is 0 Å². The van der Waals surface area contributed by atoms with Crippen LogP contribution in [0.2, 0.25) is 0 Å². The molecule has 0 nitrogen and oxygen atoms in total. The number of rotatable bonds is 10. The average Bonchev–Trinajstić information content (AvgIpc) is 2.39. The Morgan fingerprint density at radius 3 is 2.11 bits per heavy atom. The van der Waals surface area contributed by atoms with Crippen LogP contribution in [0.1, 0.15) is 104 Å². The lowest BCUT2D eigenvalue weighted by molar-refractivity contribution is 0.285. The maximum Gasteiger partial charge on any atom is -0.0412 e. The van der Waals surface area contributed by atoms with Crippen molar-refractivity contribution in [2.45, 2.75) is 104 Å². The average molecular weight is 252 g/mol. The van der Waals surface area contributed by atoms with E-state index in [1.165, 1.54) is 89.9 Å². The van der Waals surface area contributed by atoms with Gasteiger partial charge >= 0.3 is 0 Å². The van der Waals surface area contributed by atoms with E-state index in [1.54, 1.807) is 0 Å². The molecule has 1 saturated carbocycles. The lowest BCUT2D eigenvalue weighted by Crippen LogP contribution is -2.10. The van der Waals surface area contributed by atoms with Crippen LogP contribution in [-0.2, 0) is 0 Å². The Hall–Kier alpha value is 0. The molecule has 18 heavy (non-hydrogen) atoms. The fraction of sp³-hybridized carbons (Fsp3) is 1.00. The van der Waals surface area contributed by atoms with E-state index < -0.39 is 0 Å². The first-order valence-corrected chi connectivity index (χ1v) is 8.83. The molecule has 0 bridgehead atoms. The summed E-state index contributed by atoms with van der Waals surface area (Å²) in [6.07, 6.45) is 20.8. The summed E-state index contributed by atoms with van der Waals surface area (Å²) in [6, 6.07) is 0. The molecule has 0 aromatic heterocycles. The number of hydrogen-bond acceptors (Lipinski definition) is 0. The number of hydrogen-bond donors (Lipinski definition) is 0. The van der Waals surface area contributed by atoms with Gasteiger partial charge in [-0.05, 0) is 18.3 Å². The fourth-order valence-electron chi connectivity index (χ4n) is 3.56. The molecule has 0 aliphatic heterocycles. The van der Waals surface area contributed by atoms with Crippen molar-refractivity contribution < 1.29 is 0 Å². The van der Waals surface area contributed by atoms with Gasteiger partial charge in [0, 0.05) is 0 Å². The predicted octanol–water partition coefficient (Wildman–Crippen LogP) is 6.73. The monoisotopic (exact) mass is 252 g/mol. The van der Waals surface area contributed by atoms with Crippen LogP contribution in [0, 0.1) is 11.8 Å². The topological polar surface area (TPSA) is 0 Å². The van der Waals surface area contributed by atoms with E-state index in [-0.39, 0.29) is 0 Å². The van der Waals surface area contributed by atoms with Gasteiger partial charge in [-0.2, -0.15) is 0 Å². The Morgan fingerprint density at radius 1 is 0.833 bits per heavy atom. The smallest absolute Gasteiger partial charge is 0.0412 e. The van der Waals surface area contributed by atoms with Gasteiger partial charge in [0.25, 0.3) is 0 Å². The second-order valence-electron chi connectivity index (χ2n) is 6.75. The maximum absolute atomic E-state index is 2.49.